The van der Waals surface area contributed by atoms with E-state index >= 15 is 0 Å². The minimum Gasteiger partial charge on any atom is -0.481 e. The van der Waals surface area contributed by atoms with E-state index < -0.39 is 5.97 Å². The van der Waals surface area contributed by atoms with Gasteiger partial charge in [-0.1, -0.05) is 64.0 Å². The van der Waals surface area contributed by atoms with Crippen molar-refractivity contribution in [1.29, 1.82) is 0 Å². The highest BCUT2D eigenvalue weighted by Gasteiger charge is 2.04. The molecule has 22 heavy (non-hydrogen) atoms. The first-order chi connectivity index (χ1) is 10.7. The van der Waals surface area contributed by atoms with Crippen molar-refractivity contribution in [2.45, 2.75) is 96.5 Å². The van der Waals surface area contributed by atoms with E-state index in [4.69, 9.17) is 9.84 Å². The van der Waals surface area contributed by atoms with Gasteiger partial charge in [0.1, 0.15) is 0 Å². The maximum atomic E-state index is 10.4. The smallest absolute Gasteiger partial charge is 0.303 e. The first-order valence-electron chi connectivity index (χ1n) is 9.10. The Labute approximate surface area is 137 Å². The summed E-state index contributed by atoms with van der Waals surface area (Å²) in [5.74, 6) is -0.676. The number of hydrogen-bond donors (Lipinski definition) is 1. The Hall–Kier alpha value is -0.830. The maximum Gasteiger partial charge on any atom is 0.303 e. The topological polar surface area (TPSA) is 46.5 Å². The van der Waals surface area contributed by atoms with Crippen LogP contribution in [-0.4, -0.2) is 24.3 Å². The minimum atomic E-state index is -0.676. The number of aliphatic carboxylic acids is 1. The van der Waals surface area contributed by atoms with Crippen LogP contribution >= 0.6 is 0 Å². The van der Waals surface area contributed by atoms with E-state index in [0.717, 1.165) is 32.1 Å². The lowest BCUT2D eigenvalue weighted by Gasteiger charge is -2.12. The van der Waals surface area contributed by atoms with Crippen molar-refractivity contribution in [1.82, 2.24) is 0 Å². The summed E-state index contributed by atoms with van der Waals surface area (Å²) in [4.78, 5) is 10.4. The van der Waals surface area contributed by atoms with Gasteiger partial charge in [-0.3, -0.25) is 4.79 Å². The molecule has 0 aromatic carbocycles. The first kappa shape index (κ1) is 21.2. The molecule has 0 aliphatic rings. The molecule has 0 aromatic rings. The van der Waals surface area contributed by atoms with Gasteiger partial charge < -0.3 is 9.84 Å². The summed E-state index contributed by atoms with van der Waals surface area (Å²) >= 11 is 0. The Morgan fingerprint density at radius 3 is 2.36 bits per heavy atom. The molecule has 130 valence electrons. The van der Waals surface area contributed by atoms with Gasteiger partial charge in [0.2, 0.25) is 0 Å². The second-order valence-electron chi connectivity index (χ2n) is 6.11. The molecule has 0 radical (unpaired) electrons. The molecule has 1 N–H and O–H groups in total. The molecule has 0 aromatic heterocycles. The van der Waals surface area contributed by atoms with Gasteiger partial charge in [0, 0.05) is 13.5 Å². The van der Waals surface area contributed by atoms with E-state index in [9.17, 15) is 4.79 Å². The van der Waals surface area contributed by atoms with Crippen LogP contribution in [0.1, 0.15) is 90.4 Å². The largest absolute Gasteiger partial charge is 0.481 e. The van der Waals surface area contributed by atoms with Gasteiger partial charge in [-0.2, -0.15) is 0 Å². The summed E-state index contributed by atoms with van der Waals surface area (Å²) in [6, 6.07) is 0. The van der Waals surface area contributed by atoms with E-state index in [0.29, 0.717) is 12.5 Å². The molecule has 3 nitrogen and oxygen atoms in total. The molecule has 0 amide bonds. The quantitative estimate of drug-likeness (QED) is 0.292. The predicted octanol–water partition coefficient (Wildman–Crippen LogP) is 5.73. The highest BCUT2D eigenvalue weighted by atomic mass is 16.5. The number of unbranched alkanes of at least 4 members (excludes halogenated alkanes) is 8. The van der Waals surface area contributed by atoms with Crippen molar-refractivity contribution in [3.63, 3.8) is 0 Å². The average Bonchev–Trinajstić information content (AvgIpc) is 2.50. The summed E-state index contributed by atoms with van der Waals surface area (Å²) in [6.07, 6.45) is 19.2. The Kier molecular flexibility index (Phi) is 15.9. The van der Waals surface area contributed by atoms with Gasteiger partial charge in [-0.05, 0) is 32.1 Å². The Balaban J connectivity index is 3.41. The van der Waals surface area contributed by atoms with Crippen molar-refractivity contribution >= 4 is 5.97 Å². The predicted molar refractivity (Wildman–Crippen MR) is 93.3 cm³/mol. The zero-order valence-corrected chi connectivity index (χ0v) is 14.7. The molecule has 0 rings (SSSR count). The van der Waals surface area contributed by atoms with Gasteiger partial charge >= 0.3 is 5.97 Å². The van der Waals surface area contributed by atoms with Crippen LogP contribution in [0.2, 0.25) is 0 Å². The fraction of sp³-hybridized carbons (Fsp3) is 0.842. The van der Waals surface area contributed by atoms with Crippen molar-refractivity contribution in [3.8, 4) is 0 Å². The summed E-state index contributed by atoms with van der Waals surface area (Å²) < 4.78 is 5.52. The number of methoxy groups -OCH3 is 1. The van der Waals surface area contributed by atoms with Crippen LogP contribution in [-0.2, 0) is 9.53 Å². The number of allylic oxidation sites excluding steroid dienone is 1. The lowest BCUT2D eigenvalue weighted by Crippen LogP contribution is -2.08. The molecule has 0 unspecified atom stereocenters. The molecule has 0 heterocycles. The van der Waals surface area contributed by atoms with Crippen LogP contribution in [0.4, 0.5) is 0 Å². The number of rotatable bonds is 16. The number of carboxylic acid groups (broad SMARTS) is 1. The van der Waals surface area contributed by atoms with E-state index in [1.807, 2.05) is 7.11 Å². The summed E-state index contributed by atoms with van der Waals surface area (Å²) in [6.45, 7) is 2.24. The van der Waals surface area contributed by atoms with Crippen LogP contribution in [0.5, 0.6) is 0 Å². The minimum absolute atomic E-state index is 0.316. The molecular formula is C19H36O3. The third kappa shape index (κ3) is 15.6. The Morgan fingerprint density at radius 1 is 1.00 bits per heavy atom. The molecule has 0 aliphatic carbocycles. The molecule has 0 saturated carbocycles. The maximum absolute atomic E-state index is 10.4. The number of ether oxygens (including phenoxy) is 1. The monoisotopic (exact) mass is 312 g/mol. The molecule has 1 atom stereocenters. The van der Waals surface area contributed by atoms with Gasteiger partial charge in [0.15, 0.2) is 0 Å². The zero-order valence-electron chi connectivity index (χ0n) is 14.7. The second kappa shape index (κ2) is 16.5. The summed E-state index contributed by atoms with van der Waals surface area (Å²) in [5.41, 5.74) is 0. The van der Waals surface area contributed by atoms with Gasteiger partial charge in [0.25, 0.3) is 0 Å². The van der Waals surface area contributed by atoms with Crippen molar-refractivity contribution in [2.24, 2.45) is 0 Å². The van der Waals surface area contributed by atoms with Crippen LogP contribution < -0.4 is 0 Å². The summed E-state index contributed by atoms with van der Waals surface area (Å²) in [5, 5.41) is 8.54. The number of carboxylic acids is 1. The average molecular weight is 312 g/mol. The van der Waals surface area contributed by atoms with E-state index in [1.54, 1.807) is 0 Å². The fourth-order valence-electron chi connectivity index (χ4n) is 2.57. The Bertz CT molecular complexity index is 274. The standard InChI is InChI=1S/C19H36O3/c1-3-4-5-12-15-18(22-2)16-13-10-8-6-7-9-11-14-17-19(20)21/h10,13,18H,3-9,11-12,14-17H2,1-2H3,(H,20,21)/b13-10-/t18-/m0/s1. The molecule has 0 saturated heterocycles. The van der Waals surface area contributed by atoms with E-state index in [2.05, 4.69) is 19.1 Å². The number of hydrogen-bond acceptors (Lipinski definition) is 2. The molecule has 0 aliphatic heterocycles. The first-order valence-corrected chi connectivity index (χ1v) is 9.10. The molecular weight excluding hydrogens is 276 g/mol. The van der Waals surface area contributed by atoms with Crippen LogP contribution in [0, 0.1) is 0 Å². The van der Waals surface area contributed by atoms with Crippen LogP contribution in [0.15, 0.2) is 12.2 Å². The highest BCUT2D eigenvalue weighted by Crippen LogP contribution is 2.12. The lowest BCUT2D eigenvalue weighted by atomic mass is 10.1. The molecule has 0 fully saturated rings. The van der Waals surface area contributed by atoms with Crippen LogP contribution in [0.25, 0.3) is 0 Å². The Morgan fingerprint density at radius 2 is 1.68 bits per heavy atom. The molecule has 0 bridgehead atoms. The molecule has 0 spiro atoms. The van der Waals surface area contributed by atoms with E-state index in [1.165, 1.54) is 44.9 Å². The third-order valence-electron chi connectivity index (χ3n) is 4.04. The normalized spacial score (nSPS) is 12.8. The van der Waals surface area contributed by atoms with Gasteiger partial charge in [-0.15, -0.1) is 0 Å². The van der Waals surface area contributed by atoms with E-state index in [-0.39, 0.29) is 0 Å². The SMILES string of the molecule is CCCCCC[C@@H](C/C=C\CCCCCCCC(=O)O)OC. The van der Waals surface area contributed by atoms with Gasteiger partial charge in [0.05, 0.1) is 6.10 Å². The lowest BCUT2D eigenvalue weighted by molar-refractivity contribution is -0.137. The van der Waals surface area contributed by atoms with Crippen LogP contribution in [0.3, 0.4) is 0 Å². The molecule has 3 heteroatoms. The van der Waals surface area contributed by atoms with Crippen molar-refractivity contribution in [3.05, 3.63) is 12.2 Å². The second-order valence-corrected chi connectivity index (χ2v) is 6.11. The highest BCUT2D eigenvalue weighted by molar-refractivity contribution is 5.66. The number of carbonyl (C=O) groups is 1. The fourth-order valence-corrected chi connectivity index (χ4v) is 2.57. The van der Waals surface area contributed by atoms with Gasteiger partial charge in [-0.25, -0.2) is 0 Å². The summed E-state index contributed by atoms with van der Waals surface area (Å²) in [7, 11) is 1.81. The third-order valence-corrected chi connectivity index (χ3v) is 4.04. The zero-order chi connectivity index (χ0) is 16.5. The van der Waals surface area contributed by atoms with Crippen molar-refractivity contribution in [2.75, 3.05) is 7.11 Å². The van der Waals surface area contributed by atoms with Crippen molar-refractivity contribution < 1.29 is 14.6 Å².